The summed E-state index contributed by atoms with van der Waals surface area (Å²) < 4.78 is 28.9. The maximum atomic E-state index is 12.0. The van der Waals surface area contributed by atoms with Gasteiger partial charge in [-0.1, -0.05) is 6.92 Å². The number of ether oxygens (including phenoxy) is 1. The largest absolute Gasteiger partial charge is 0.467 e. The van der Waals surface area contributed by atoms with Crippen molar-refractivity contribution < 1.29 is 13.5 Å². The van der Waals surface area contributed by atoms with E-state index in [4.69, 9.17) is 4.74 Å². The molecule has 0 fully saturated rings. The van der Waals surface area contributed by atoms with Crippen LogP contribution in [0, 0.1) is 0 Å². The van der Waals surface area contributed by atoms with Crippen molar-refractivity contribution >= 4 is 11.9 Å². The van der Waals surface area contributed by atoms with E-state index in [0.717, 1.165) is 6.42 Å². The second-order valence-electron chi connectivity index (χ2n) is 3.17. The van der Waals surface area contributed by atoms with E-state index in [1.165, 1.54) is 7.11 Å². The highest BCUT2D eigenvalue weighted by atomic mass is 19.3. The Labute approximate surface area is 97.8 Å². The Hall–Kier alpha value is -1.73. The molecule has 0 saturated heterocycles. The van der Waals surface area contributed by atoms with Crippen LogP contribution in [0.3, 0.4) is 0 Å². The van der Waals surface area contributed by atoms with Gasteiger partial charge in [-0.05, 0) is 6.42 Å². The number of nitrogens with zero attached hydrogens (tertiary/aromatic N) is 3. The molecule has 2 N–H and O–H groups in total. The van der Waals surface area contributed by atoms with Gasteiger partial charge in [-0.2, -0.15) is 15.0 Å². The molecule has 1 heterocycles. The summed E-state index contributed by atoms with van der Waals surface area (Å²) >= 11 is 0. The molecule has 0 aliphatic heterocycles. The number of hydrogen-bond acceptors (Lipinski definition) is 6. The van der Waals surface area contributed by atoms with Gasteiger partial charge in [0.2, 0.25) is 11.9 Å². The highest BCUT2D eigenvalue weighted by molar-refractivity contribution is 5.35. The summed E-state index contributed by atoms with van der Waals surface area (Å²) in [4.78, 5) is 11.7. The molecule has 0 atom stereocenters. The van der Waals surface area contributed by atoms with Crippen molar-refractivity contribution in [3.8, 4) is 6.01 Å². The molecule has 96 valence electrons. The predicted molar refractivity (Wildman–Crippen MR) is 59.7 cm³/mol. The summed E-state index contributed by atoms with van der Waals surface area (Å²) in [6.45, 7) is 2.16. The molecule has 0 aliphatic carbocycles. The average Bonchev–Trinajstić information content (AvgIpc) is 2.33. The van der Waals surface area contributed by atoms with Crippen LogP contribution in [-0.4, -0.2) is 41.6 Å². The summed E-state index contributed by atoms with van der Waals surface area (Å²) in [5, 5.41) is 5.33. The zero-order valence-electron chi connectivity index (χ0n) is 9.70. The molecule has 17 heavy (non-hydrogen) atoms. The van der Waals surface area contributed by atoms with Crippen molar-refractivity contribution in [2.45, 2.75) is 19.8 Å². The SMILES string of the molecule is CCCNc1nc(NCC(F)F)nc(OC)n1. The lowest BCUT2D eigenvalue weighted by Gasteiger charge is -2.08. The number of halogens is 2. The molecule has 8 heteroatoms. The molecule has 1 aromatic heterocycles. The third kappa shape index (κ3) is 4.75. The first-order chi connectivity index (χ1) is 8.15. The van der Waals surface area contributed by atoms with Crippen LogP contribution in [0.2, 0.25) is 0 Å². The maximum absolute atomic E-state index is 12.0. The Bertz CT molecular complexity index is 350. The van der Waals surface area contributed by atoms with E-state index in [9.17, 15) is 8.78 Å². The van der Waals surface area contributed by atoms with Gasteiger partial charge in [-0.25, -0.2) is 8.78 Å². The third-order valence-electron chi connectivity index (χ3n) is 1.75. The molecule has 0 amide bonds. The smallest absolute Gasteiger partial charge is 0.322 e. The predicted octanol–water partition coefficient (Wildman–Crippen LogP) is 1.38. The summed E-state index contributed by atoms with van der Waals surface area (Å²) in [6, 6.07) is 0.0790. The van der Waals surface area contributed by atoms with Crippen molar-refractivity contribution in [1.82, 2.24) is 15.0 Å². The number of anilines is 2. The molecule has 0 aromatic carbocycles. The van der Waals surface area contributed by atoms with Crippen LogP contribution < -0.4 is 15.4 Å². The van der Waals surface area contributed by atoms with Gasteiger partial charge in [0.15, 0.2) is 0 Å². The van der Waals surface area contributed by atoms with E-state index >= 15 is 0 Å². The van der Waals surface area contributed by atoms with Crippen LogP contribution in [-0.2, 0) is 0 Å². The Morgan fingerprint density at radius 3 is 2.35 bits per heavy atom. The Morgan fingerprint density at radius 2 is 1.82 bits per heavy atom. The summed E-state index contributed by atoms with van der Waals surface area (Å²) in [5.74, 6) is 0.367. The molecular weight excluding hydrogens is 232 g/mol. The zero-order chi connectivity index (χ0) is 12.7. The molecule has 0 aliphatic rings. The first kappa shape index (κ1) is 13.3. The first-order valence-electron chi connectivity index (χ1n) is 5.21. The molecule has 1 aromatic rings. The van der Waals surface area contributed by atoms with E-state index in [1.807, 2.05) is 6.92 Å². The van der Waals surface area contributed by atoms with Crippen molar-refractivity contribution in [2.75, 3.05) is 30.8 Å². The quantitative estimate of drug-likeness (QED) is 0.758. The van der Waals surface area contributed by atoms with E-state index in [2.05, 4.69) is 25.6 Å². The number of methoxy groups -OCH3 is 1. The third-order valence-corrected chi connectivity index (χ3v) is 1.75. The number of rotatable bonds is 7. The highest BCUT2D eigenvalue weighted by Gasteiger charge is 2.08. The van der Waals surface area contributed by atoms with Crippen molar-refractivity contribution in [3.05, 3.63) is 0 Å². The molecule has 0 unspecified atom stereocenters. The fourth-order valence-electron chi connectivity index (χ4n) is 1.01. The fourth-order valence-corrected chi connectivity index (χ4v) is 1.01. The van der Waals surface area contributed by atoms with Crippen molar-refractivity contribution in [2.24, 2.45) is 0 Å². The van der Waals surface area contributed by atoms with Gasteiger partial charge in [-0.15, -0.1) is 0 Å². The van der Waals surface area contributed by atoms with Gasteiger partial charge >= 0.3 is 6.01 Å². The molecule has 0 radical (unpaired) electrons. The van der Waals surface area contributed by atoms with Crippen LogP contribution in [0.5, 0.6) is 6.01 Å². The van der Waals surface area contributed by atoms with E-state index in [1.54, 1.807) is 0 Å². The minimum absolute atomic E-state index is 0.0655. The summed E-state index contributed by atoms with van der Waals surface area (Å²) in [7, 11) is 1.40. The number of alkyl halides is 2. The van der Waals surface area contributed by atoms with Crippen molar-refractivity contribution in [1.29, 1.82) is 0 Å². The monoisotopic (exact) mass is 247 g/mol. The van der Waals surface area contributed by atoms with Gasteiger partial charge < -0.3 is 15.4 Å². The standard InChI is InChI=1S/C9H15F2N5O/c1-3-4-12-7-14-8(13-5-6(10)11)16-9(15-7)17-2/h6H,3-5H2,1-2H3,(H2,12,13,14,15,16). The Kier molecular flexibility index (Phi) is 5.31. The average molecular weight is 247 g/mol. The molecule has 1 rings (SSSR count). The Balaban J connectivity index is 2.73. The van der Waals surface area contributed by atoms with Gasteiger partial charge in [0.05, 0.1) is 13.7 Å². The van der Waals surface area contributed by atoms with Gasteiger partial charge in [0.25, 0.3) is 6.43 Å². The van der Waals surface area contributed by atoms with Crippen molar-refractivity contribution in [3.63, 3.8) is 0 Å². The van der Waals surface area contributed by atoms with Crippen LogP contribution in [0.25, 0.3) is 0 Å². The molecular formula is C9H15F2N5O. The van der Waals surface area contributed by atoms with E-state index < -0.39 is 13.0 Å². The second kappa shape index (κ2) is 6.77. The molecule has 0 spiro atoms. The van der Waals surface area contributed by atoms with E-state index in [0.29, 0.717) is 12.5 Å². The lowest BCUT2D eigenvalue weighted by Crippen LogP contribution is -2.15. The zero-order valence-corrected chi connectivity index (χ0v) is 9.70. The van der Waals surface area contributed by atoms with Crippen LogP contribution in [0.15, 0.2) is 0 Å². The fraction of sp³-hybridized carbons (Fsp3) is 0.667. The summed E-state index contributed by atoms with van der Waals surface area (Å²) in [5.41, 5.74) is 0. The minimum atomic E-state index is -2.47. The first-order valence-corrected chi connectivity index (χ1v) is 5.21. The van der Waals surface area contributed by atoms with Crippen LogP contribution >= 0.6 is 0 Å². The number of nitrogens with one attached hydrogen (secondary N) is 2. The van der Waals surface area contributed by atoms with Gasteiger partial charge in [0.1, 0.15) is 0 Å². The lowest BCUT2D eigenvalue weighted by atomic mass is 10.5. The minimum Gasteiger partial charge on any atom is -0.467 e. The molecule has 0 bridgehead atoms. The number of aromatic nitrogens is 3. The molecule has 6 nitrogen and oxygen atoms in total. The van der Waals surface area contributed by atoms with Gasteiger partial charge in [-0.3, -0.25) is 0 Å². The normalized spacial score (nSPS) is 10.4. The highest BCUT2D eigenvalue weighted by Crippen LogP contribution is 2.11. The summed E-state index contributed by atoms with van der Waals surface area (Å²) in [6.07, 6.45) is -1.57. The van der Waals surface area contributed by atoms with E-state index in [-0.39, 0.29) is 12.0 Å². The topological polar surface area (TPSA) is 72.0 Å². The van der Waals surface area contributed by atoms with Crippen LogP contribution in [0.4, 0.5) is 20.7 Å². The van der Waals surface area contributed by atoms with Crippen LogP contribution in [0.1, 0.15) is 13.3 Å². The van der Waals surface area contributed by atoms with Gasteiger partial charge in [0, 0.05) is 6.54 Å². The molecule has 0 saturated carbocycles. The number of hydrogen-bond donors (Lipinski definition) is 2. The second-order valence-corrected chi connectivity index (χ2v) is 3.17. The maximum Gasteiger partial charge on any atom is 0.322 e. The Morgan fingerprint density at radius 1 is 1.18 bits per heavy atom. The lowest BCUT2D eigenvalue weighted by molar-refractivity contribution is 0.163.